The molecule has 3 aliphatic heterocycles. The number of imidazole rings is 1. The second-order valence-electron chi connectivity index (χ2n) is 20.1. The van der Waals surface area contributed by atoms with E-state index in [-0.39, 0.29) is 56.8 Å². The van der Waals surface area contributed by atoms with Gasteiger partial charge >= 0.3 is 11.9 Å². The van der Waals surface area contributed by atoms with Gasteiger partial charge in [-0.3, -0.25) is 62.3 Å². The third-order valence-electron chi connectivity index (χ3n) is 13.8. The number of hydrogen-bond donors (Lipinski definition) is 14. The van der Waals surface area contributed by atoms with E-state index in [9.17, 15) is 82.4 Å². The largest absolute Gasteiger partial charge is 0.508 e. The van der Waals surface area contributed by atoms with Crippen molar-refractivity contribution in [2.45, 2.75) is 145 Å². The van der Waals surface area contributed by atoms with E-state index in [1.807, 2.05) is 5.32 Å². The van der Waals surface area contributed by atoms with Crippen LogP contribution in [0.1, 0.15) is 82.9 Å². The van der Waals surface area contributed by atoms with Crippen LogP contribution in [0.15, 0.2) is 36.8 Å². The van der Waals surface area contributed by atoms with Crippen molar-refractivity contribution in [3.05, 3.63) is 48.0 Å². The molecule has 2 aromatic rings. The Bertz CT molecular complexity index is 2740. The van der Waals surface area contributed by atoms with Gasteiger partial charge in [0.25, 0.3) is 0 Å². The third kappa shape index (κ3) is 17.9. The van der Waals surface area contributed by atoms with E-state index in [1.54, 1.807) is 0 Å². The predicted molar refractivity (Wildman–Crippen MR) is 280 cm³/mol. The molecule has 1 aromatic carbocycles. The lowest BCUT2D eigenvalue weighted by molar-refractivity contribution is -0.151. The van der Waals surface area contributed by atoms with Crippen molar-refractivity contribution in [2.75, 3.05) is 26.2 Å². The summed E-state index contributed by atoms with van der Waals surface area (Å²) in [6.45, 7) is 2.08. The number of aromatic hydroxyl groups is 1. The van der Waals surface area contributed by atoms with Crippen LogP contribution in [0, 0.1) is 0 Å². The number of phenolic OH excluding ortho intramolecular Hbond substituents is 1. The minimum absolute atomic E-state index is 0.109. The van der Waals surface area contributed by atoms with Crippen molar-refractivity contribution in [1.29, 1.82) is 0 Å². The fourth-order valence-electron chi connectivity index (χ4n) is 9.63. The number of amides is 12. The predicted octanol–water partition coefficient (Wildman–Crippen LogP) is -6.42. The van der Waals surface area contributed by atoms with E-state index >= 15 is 0 Å². The highest BCUT2D eigenvalue weighted by molar-refractivity contribution is 6.00. The Morgan fingerprint density at radius 1 is 0.610 bits per heavy atom. The molecular formula is C50H69N15O17. The van der Waals surface area contributed by atoms with Crippen LogP contribution in [0.3, 0.4) is 0 Å². The van der Waals surface area contributed by atoms with E-state index in [0.29, 0.717) is 31.2 Å². The third-order valence-corrected chi connectivity index (χ3v) is 13.8. The second kappa shape index (κ2) is 29.3. The molecule has 32 nitrogen and oxygen atoms in total. The summed E-state index contributed by atoms with van der Waals surface area (Å²) in [5.41, 5.74) is 16.9. The smallest absolute Gasteiger partial charge is 0.326 e. The highest BCUT2D eigenvalue weighted by Crippen LogP contribution is 2.29. The van der Waals surface area contributed by atoms with Crippen molar-refractivity contribution in [2.24, 2.45) is 17.2 Å². The Morgan fingerprint density at radius 2 is 1.12 bits per heavy atom. The summed E-state index contributed by atoms with van der Waals surface area (Å²) in [6, 6.07) is -8.25. The standard InChI is InChI=1S/C50H69N15O17/c1-24(41(72)62-33(50(81)82)19-38(53)68)57-39(69)22-55-43(74)31(17-27-21-54-23-56-27)60-45(76)32(20-40(70)71)59-42(73)25(2)58-44(75)30(16-26-9-11-28(66)12-10-26)61-46(77)34-6-3-13-63(34)48(79)36-8-5-15-65(36)49(80)35-7-4-14-64(35)47(78)29(51)18-37(52)67/h9-12,21,23-25,29-36,66H,3-8,13-20,22,51H2,1-2H3,(H2,52,67)(H2,53,68)(H,54,56)(H,55,74)(H,57,69)(H,58,75)(H,59,73)(H,60,76)(H,61,77)(H,62,72)(H,70,71)(H,81,82)/t24-,25-,29-,30-,31-,32-,33-,34-,35-,36-/m0/s1. The number of benzene rings is 1. The lowest BCUT2D eigenvalue weighted by Crippen LogP contribution is -2.60. The average Bonchev–Trinajstić information content (AvgIpc) is 4.29. The zero-order valence-electron chi connectivity index (χ0n) is 44.9. The molecule has 0 aliphatic carbocycles. The number of hydrogen-bond acceptors (Lipinski definition) is 17. The molecule has 32 heteroatoms. The number of H-pyrrole nitrogens is 1. The van der Waals surface area contributed by atoms with Gasteiger partial charge in [0.1, 0.15) is 60.1 Å². The topological polar surface area (TPSA) is 500 Å². The summed E-state index contributed by atoms with van der Waals surface area (Å²) in [6.07, 6.45) is 1.80. The van der Waals surface area contributed by atoms with Crippen molar-refractivity contribution in [1.82, 2.24) is 61.9 Å². The maximum absolute atomic E-state index is 14.3. The maximum Gasteiger partial charge on any atom is 0.326 e. The molecule has 1 aromatic heterocycles. The van der Waals surface area contributed by atoms with Crippen LogP contribution in [0.25, 0.3) is 0 Å². The van der Waals surface area contributed by atoms with Gasteiger partial charge in [-0.1, -0.05) is 12.1 Å². The molecule has 0 unspecified atom stereocenters. The Hall–Kier alpha value is -9.23. The van der Waals surface area contributed by atoms with E-state index in [1.165, 1.54) is 65.3 Å². The fraction of sp³-hybridized carbons (Fsp3) is 0.540. The van der Waals surface area contributed by atoms with E-state index in [0.717, 1.165) is 0 Å². The first kappa shape index (κ1) is 63.6. The number of carbonyl (C=O) groups excluding carboxylic acids is 12. The summed E-state index contributed by atoms with van der Waals surface area (Å²) >= 11 is 0. The number of nitrogens with one attached hydrogen (secondary N) is 8. The average molecular weight is 1150 g/mol. The number of aromatic nitrogens is 2. The van der Waals surface area contributed by atoms with Gasteiger partial charge in [0.05, 0.1) is 38.2 Å². The molecule has 10 atom stereocenters. The normalized spacial score (nSPS) is 19.2. The van der Waals surface area contributed by atoms with E-state index < -0.39 is 169 Å². The van der Waals surface area contributed by atoms with Crippen LogP contribution < -0.4 is 54.4 Å². The SMILES string of the molecule is C[C@H](NC(=O)CNC(=O)[C@H](Cc1cnc[nH]1)NC(=O)[C@H](CC(=O)O)NC(=O)[C@H](C)NC(=O)[C@H](Cc1ccc(O)cc1)NC(=O)[C@@H]1CCCN1C(=O)[C@@H]1CCCN1C(=O)[C@@H]1CCCN1C(=O)[C@@H](N)CC(N)=O)C(=O)N[C@@H](CC(N)=O)C(=O)O. The lowest BCUT2D eigenvalue weighted by Gasteiger charge is -2.34. The first-order chi connectivity index (χ1) is 38.7. The van der Waals surface area contributed by atoms with Gasteiger partial charge in [0, 0.05) is 44.4 Å². The molecule has 17 N–H and O–H groups in total. The Labute approximate surface area is 468 Å². The first-order valence-corrected chi connectivity index (χ1v) is 26.3. The molecular weight excluding hydrogens is 1080 g/mol. The molecule has 446 valence electrons. The highest BCUT2D eigenvalue weighted by atomic mass is 16.4. The number of rotatable bonds is 28. The fourth-order valence-corrected chi connectivity index (χ4v) is 9.63. The molecule has 0 bridgehead atoms. The van der Waals surface area contributed by atoms with Crippen LogP contribution in [0.2, 0.25) is 0 Å². The van der Waals surface area contributed by atoms with Gasteiger partial charge in [0.15, 0.2) is 0 Å². The number of nitrogens with two attached hydrogens (primary N) is 3. The Morgan fingerprint density at radius 3 is 1.68 bits per heavy atom. The molecule has 0 radical (unpaired) electrons. The number of aromatic amines is 1. The molecule has 0 saturated carbocycles. The zero-order chi connectivity index (χ0) is 60.5. The monoisotopic (exact) mass is 1150 g/mol. The molecule has 0 spiro atoms. The number of nitrogens with zero attached hydrogens (tertiary/aromatic N) is 4. The second-order valence-corrected chi connectivity index (χ2v) is 20.1. The molecule has 5 rings (SSSR count). The number of aliphatic carboxylic acids is 2. The van der Waals surface area contributed by atoms with Gasteiger partial charge in [-0.2, -0.15) is 0 Å². The van der Waals surface area contributed by atoms with Gasteiger partial charge in [0.2, 0.25) is 70.9 Å². The Balaban J connectivity index is 1.24. The maximum atomic E-state index is 14.3. The van der Waals surface area contributed by atoms with E-state index in [4.69, 9.17) is 17.2 Å². The van der Waals surface area contributed by atoms with Crippen LogP contribution in [0.4, 0.5) is 0 Å². The van der Waals surface area contributed by atoms with Crippen LogP contribution in [-0.4, -0.2) is 209 Å². The van der Waals surface area contributed by atoms with Crippen LogP contribution in [-0.2, 0) is 80.0 Å². The van der Waals surface area contributed by atoms with Crippen molar-refractivity contribution in [3.8, 4) is 5.75 Å². The number of carbonyl (C=O) groups is 14. The van der Waals surface area contributed by atoms with Crippen molar-refractivity contribution >= 4 is 82.8 Å². The summed E-state index contributed by atoms with van der Waals surface area (Å²) < 4.78 is 0. The first-order valence-electron chi connectivity index (χ1n) is 26.3. The number of likely N-dealkylation sites (tertiary alicyclic amines) is 3. The molecule has 3 aliphatic rings. The van der Waals surface area contributed by atoms with Crippen LogP contribution >= 0.6 is 0 Å². The Kier molecular flexibility index (Phi) is 22.7. The lowest BCUT2D eigenvalue weighted by atomic mass is 10.0. The number of primary amides is 2. The van der Waals surface area contributed by atoms with E-state index in [2.05, 4.69) is 41.9 Å². The molecule has 82 heavy (non-hydrogen) atoms. The van der Waals surface area contributed by atoms with Crippen LogP contribution in [0.5, 0.6) is 5.75 Å². The number of carboxylic acids is 2. The van der Waals surface area contributed by atoms with Gasteiger partial charge in [-0.25, -0.2) is 9.78 Å². The highest BCUT2D eigenvalue weighted by Gasteiger charge is 2.47. The summed E-state index contributed by atoms with van der Waals surface area (Å²) in [4.78, 5) is 193. The van der Waals surface area contributed by atoms with Gasteiger partial charge < -0.3 is 89.4 Å². The summed E-state index contributed by atoms with van der Waals surface area (Å²) in [7, 11) is 0. The minimum Gasteiger partial charge on any atom is -0.508 e. The minimum atomic E-state index is -1.90. The van der Waals surface area contributed by atoms with Crippen molar-refractivity contribution in [3.63, 3.8) is 0 Å². The van der Waals surface area contributed by atoms with Gasteiger partial charge in [-0.15, -0.1) is 0 Å². The number of phenols is 1. The molecule has 12 amide bonds. The number of carboxylic acid groups (broad SMARTS) is 2. The summed E-state index contributed by atoms with van der Waals surface area (Å²) in [5.74, 6) is -13.7. The van der Waals surface area contributed by atoms with Crippen molar-refractivity contribution < 1.29 is 82.4 Å². The summed E-state index contributed by atoms with van der Waals surface area (Å²) in [5, 5.41) is 45.3. The zero-order valence-corrected chi connectivity index (χ0v) is 44.9. The molecule has 3 fully saturated rings. The molecule has 3 saturated heterocycles. The van der Waals surface area contributed by atoms with Gasteiger partial charge in [-0.05, 0) is 70.1 Å². The quantitative estimate of drug-likeness (QED) is 0.0377. The molecule has 4 heterocycles.